The quantitative estimate of drug-likeness (QED) is 0.723. The molecule has 0 aliphatic heterocycles. The van der Waals surface area contributed by atoms with E-state index in [0.29, 0.717) is 6.04 Å². The van der Waals surface area contributed by atoms with Gasteiger partial charge >= 0.3 is 0 Å². The van der Waals surface area contributed by atoms with Crippen molar-refractivity contribution in [3.8, 4) is 11.3 Å². The molecule has 2 heteroatoms. The first kappa shape index (κ1) is 15.7. The number of rotatable bonds is 8. The number of pyridine rings is 1. The predicted molar refractivity (Wildman–Crippen MR) is 90.4 cm³/mol. The lowest BCUT2D eigenvalue weighted by molar-refractivity contribution is 0.504. The normalized spacial score (nSPS) is 12.3. The molecule has 112 valence electrons. The maximum Gasteiger partial charge on any atom is 0.0704 e. The molecule has 21 heavy (non-hydrogen) atoms. The first-order valence-corrected chi connectivity index (χ1v) is 8.04. The van der Waals surface area contributed by atoms with Crippen molar-refractivity contribution in [3.05, 3.63) is 54.2 Å². The maximum atomic E-state index is 4.48. The topological polar surface area (TPSA) is 24.9 Å². The molecule has 1 aromatic heterocycles. The Morgan fingerprint density at radius 1 is 1.10 bits per heavy atom. The van der Waals surface area contributed by atoms with Crippen LogP contribution in [0, 0.1) is 0 Å². The minimum absolute atomic E-state index is 0.563. The predicted octanol–water partition coefficient (Wildman–Crippen LogP) is 4.46. The third-order valence-corrected chi connectivity index (χ3v) is 3.83. The Labute approximate surface area is 128 Å². The van der Waals surface area contributed by atoms with Crippen LogP contribution < -0.4 is 5.32 Å². The highest BCUT2D eigenvalue weighted by atomic mass is 14.9. The highest BCUT2D eigenvalue weighted by molar-refractivity contribution is 5.63. The molecular weight excluding hydrogens is 256 g/mol. The summed E-state index contributed by atoms with van der Waals surface area (Å²) in [6.07, 6.45) is 6.62. The summed E-state index contributed by atoms with van der Waals surface area (Å²) < 4.78 is 0. The Balaban J connectivity index is 1.98. The summed E-state index contributed by atoms with van der Waals surface area (Å²) in [6.45, 7) is 5.63. The number of nitrogens with one attached hydrogen (secondary N) is 1. The highest BCUT2D eigenvalue weighted by Gasteiger charge is 2.07. The van der Waals surface area contributed by atoms with Gasteiger partial charge in [-0.05, 0) is 50.4 Å². The van der Waals surface area contributed by atoms with E-state index in [9.17, 15) is 0 Å². The standard InChI is InChI=1S/C19H26N2/c1-3-4-14-20-16(2)12-13-17-9-5-6-10-18(17)19-11-7-8-15-21-19/h5-11,15-16,20H,3-4,12-14H2,1-2H3. The molecule has 1 aromatic carbocycles. The van der Waals surface area contributed by atoms with E-state index in [2.05, 4.69) is 54.5 Å². The first-order chi connectivity index (χ1) is 10.3. The Bertz CT molecular complexity index is 522. The molecule has 0 aliphatic carbocycles. The number of nitrogens with zero attached hydrogens (tertiary/aromatic N) is 1. The van der Waals surface area contributed by atoms with E-state index < -0.39 is 0 Å². The van der Waals surface area contributed by atoms with Crippen molar-refractivity contribution in [3.63, 3.8) is 0 Å². The zero-order chi connectivity index (χ0) is 14.9. The molecule has 0 saturated carbocycles. The molecule has 0 bridgehead atoms. The van der Waals surface area contributed by atoms with Crippen molar-refractivity contribution >= 4 is 0 Å². The third-order valence-electron chi connectivity index (χ3n) is 3.83. The first-order valence-electron chi connectivity index (χ1n) is 8.04. The van der Waals surface area contributed by atoms with Gasteiger partial charge in [0, 0.05) is 17.8 Å². The number of aromatic nitrogens is 1. The van der Waals surface area contributed by atoms with Crippen LogP contribution >= 0.6 is 0 Å². The highest BCUT2D eigenvalue weighted by Crippen LogP contribution is 2.22. The fourth-order valence-corrected chi connectivity index (χ4v) is 2.51. The van der Waals surface area contributed by atoms with Gasteiger partial charge in [-0.2, -0.15) is 0 Å². The minimum Gasteiger partial charge on any atom is -0.314 e. The monoisotopic (exact) mass is 282 g/mol. The average Bonchev–Trinajstić information content (AvgIpc) is 2.54. The molecule has 1 atom stereocenters. The van der Waals surface area contributed by atoms with Crippen LogP contribution in [0.15, 0.2) is 48.7 Å². The van der Waals surface area contributed by atoms with E-state index in [1.54, 1.807) is 0 Å². The van der Waals surface area contributed by atoms with Crippen LogP contribution in [0.25, 0.3) is 11.3 Å². The zero-order valence-corrected chi connectivity index (χ0v) is 13.2. The Kier molecular flexibility index (Phi) is 6.42. The molecule has 0 aliphatic rings. The van der Waals surface area contributed by atoms with Crippen LogP contribution in [-0.4, -0.2) is 17.6 Å². The molecule has 0 fully saturated rings. The molecule has 0 amide bonds. The van der Waals surface area contributed by atoms with Crippen LogP contribution in [0.4, 0.5) is 0 Å². The maximum absolute atomic E-state index is 4.48. The molecule has 0 spiro atoms. The van der Waals surface area contributed by atoms with Crippen LogP contribution in [0.1, 0.15) is 38.7 Å². The summed E-state index contributed by atoms with van der Waals surface area (Å²) >= 11 is 0. The number of aryl methyl sites for hydroxylation is 1. The second-order valence-electron chi connectivity index (χ2n) is 5.62. The molecule has 2 rings (SSSR count). The van der Waals surface area contributed by atoms with E-state index >= 15 is 0 Å². The summed E-state index contributed by atoms with van der Waals surface area (Å²) in [7, 11) is 0. The van der Waals surface area contributed by atoms with Crippen molar-refractivity contribution in [1.29, 1.82) is 0 Å². The Morgan fingerprint density at radius 2 is 1.90 bits per heavy atom. The molecule has 1 N–H and O–H groups in total. The molecular formula is C19H26N2. The number of hydrogen-bond donors (Lipinski definition) is 1. The summed E-state index contributed by atoms with van der Waals surface area (Å²) in [5.41, 5.74) is 3.72. The van der Waals surface area contributed by atoms with Gasteiger partial charge in [0.15, 0.2) is 0 Å². The number of unbranched alkanes of at least 4 members (excludes halogenated alkanes) is 1. The lowest BCUT2D eigenvalue weighted by Crippen LogP contribution is -2.27. The lowest BCUT2D eigenvalue weighted by Gasteiger charge is -2.15. The SMILES string of the molecule is CCCCNC(C)CCc1ccccc1-c1ccccn1. The van der Waals surface area contributed by atoms with Gasteiger partial charge in [-0.25, -0.2) is 0 Å². The Morgan fingerprint density at radius 3 is 2.67 bits per heavy atom. The fourth-order valence-electron chi connectivity index (χ4n) is 2.51. The van der Waals surface area contributed by atoms with Crippen LogP contribution in [0.2, 0.25) is 0 Å². The minimum atomic E-state index is 0.563. The second kappa shape index (κ2) is 8.58. The van der Waals surface area contributed by atoms with E-state index in [1.807, 2.05) is 18.3 Å². The number of hydrogen-bond acceptors (Lipinski definition) is 2. The second-order valence-corrected chi connectivity index (χ2v) is 5.62. The van der Waals surface area contributed by atoms with Gasteiger partial charge in [-0.15, -0.1) is 0 Å². The van der Waals surface area contributed by atoms with Crippen molar-refractivity contribution in [1.82, 2.24) is 10.3 Å². The van der Waals surface area contributed by atoms with Gasteiger partial charge in [-0.3, -0.25) is 4.98 Å². The summed E-state index contributed by atoms with van der Waals surface area (Å²) in [6, 6.07) is 15.3. The van der Waals surface area contributed by atoms with E-state index in [1.165, 1.54) is 24.0 Å². The molecule has 2 nitrogen and oxygen atoms in total. The summed E-state index contributed by atoms with van der Waals surface area (Å²) in [5.74, 6) is 0. The molecule has 1 unspecified atom stereocenters. The molecule has 0 radical (unpaired) electrons. The zero-order valence-electron chi connectivity index (χ0n) is 13.2. The van der Waals surface area contributed by atoms with Gasteiger partial charge in [0.25, 0.3) is 0 Å². The number of benzene rings is 1. The average molecular weight is 282 g/mol. The van der Waals surface area contributed by atoms with Crippen molar-refractivity contribution < 1.29 is 0 Å². The largest absolute Gasteiger partial charge is 0.314 e. The van der Waals surface area contributed by atoms with E-state index in [0.717, 1.165) is 25.1 Å². The van der Waals surface area contributed by atoms with Crippen molar-refractivity contribution in [2.75, 3.05) is 6.54 Å². The summed E-state index contributed by atoms with van der Waals surface area (Å²) in [4.78, 5) is 4.48. The molecule has 1 heterocycles. The Hall–Kier alpha value is -1.67. The summed E-state index contributed by atoms with van der Waals surface area (Å²) in [5, 5.41) is 3.60. The van der Waals surface area contributed by atoms with Gasteiger partial charge in [-0.1, -0.05) is 43.7 Å². The van der Waals surface area contributed by atoms with Gasteiger partial charge < -0.3 is 5.32 Å². The molecule has 2 aromatic rings. The lowest BCUT2D eigenvalue weighted by atomic mass is 9.98. The molecule has 0 saturated heterocycles. The third kappa shape index (κ3) is 4.98. The van der Waals surface area contributed by atoms with Crippen LogP contribution in [0.3, 0.4) is 0 Å². The van der Waals surface area contributed by atoms with E-state index in [4.69, 9.17) is 0 Å². The smallest absolute Gasteiger partial charge is 0.0704 e. The van der Waals surface area contributed by atoms with Crippen LogP contribution in [-0.2, 0) is 6.42 Å². The van der Waals surface area contributed by atoms with E-state index in [-0.39, 0.29) is 0 Å². The van der Waals surface area contributed by atoms with Crippen molar-refractivity contribution in [2.24, 2.45) is 0 Å². The van der Waals surface area contributed by atoms with Gasteiger partial charge in [0.2, 0.25) is 0 Å². The van der Waals surface area contributed by atoms with Crippen LogP contribution in [0.5, 0.6) is 0 Å². The van der Waals surface area contributed by atoms with Crippen molar-refractivity contribution in [2.45, 2.75) is 45.6 Å². The fraction of sp³-hybridized carbons (Fsp3) is 0.421. The van der Waals surface area contributed by atoms with Gasteiger partial charge in [0.05, 0.1) is 5.69 Å². The van der Waals surface area contributed by atoms with Gasteiger partial charge in [0.1, 0.15) is 0 Å².